The molecule has 0 bridgehead atoms. The lowest BCUT2D eigenvalue weighted by Crippen LogP contribution is -2.24. The number of rotatable bonds is 9. The number of nitrogens with two attached hydrogens (primary N) is 1. The van der Waals surface area contributed by atoms with E-state index in [1.54, 1.807) is 6.20 Å². The normalized spacial score (nSPS) is 13.4. The molecule has 20 heavy (non-hydrogen) atoms. The van der Waals surface area contributed by atoms with Crippen molar-refractivity contribution in [3.63, 3.8) is 0 Å². The fraction of sp³-hybridized carbons (Fsp3) is 0.750. The van der Waals surface area contributed by atoms with Crippen LogP contribution in [0.15, 0.2) is 10.7 Å². The molecule has 0 saturated carbocycles. The van der Waals surface area contributed by atoms with Gasteiger partial charge >= 0.3 is 0 Å². The van der Waals surface area contributed by atoms with Crippen molar-refractivity contribution in [1.29, 1.82) is 0 Å². The average Bonchev–Trinajstić information content (AvgIpc) is 2.73. The lowest BCUT2D eigenvalue weighted by molar-refractivity contribution is 0.0150. The van der Waals surface area contributed by atoms with Crippen LogP contribution in [-0.4, -0.2) is 55.0 Å². The van der Waals surface area contributed by atoms with E-state index in [1.165, 1.54) is 0 Å². The van der Waals surface area contributed by atoms with E-state index in [0.29, 0.717) is 6.42 Å². The molecule has 1 aromatic heterocycles. The highest BCUT2D eigenvalue weighted by atomic mass is 79.9. The van der Waals surface area contributed by atoms with Crippen LogP contribution in [0.5, 0.6) is 0 Å². The molecule has 2 N–H and O–H groups in total. The third-order valence-corrected chi connectivity index (χ3v) is 3.37. The maximum atomic E-state index is 12.0. The van der Waals surface area contributed by atoms with E-state index in [1.807, 2.05) is 18.8 Å². The molecule has 1 heterocycles. The fourth-order valence-corrected chi connectivity index (χ4v) is 2.32. The van der Waals surface area contributed by atoms with Crippen molar-refractivity contribution in [3.05, 3.63) is 16.4 Å². The van der Waals surface area contributed by atoms with Gasteiger partial charge in [-0.1, -0.05) is 0 Å². The third kappa shape index (κ3) is 5.82. The van der Waals surface area contributed by atoms with Crippen molar-refractivity contribution in [2.24, 2.45) is 5.73 Å². The van der Waals surface area contributed by atoms with Gasteiger partial charge in [0.2, 0.25) is 0 Å². The lowest BCUT2D eigenvalue weighted by Gasteiger charge is -2.17. The van der Waals surface area contributed by atoms with Gasteiger partial charge in [0.1, 0.15) is 6.61 Å². The minimum Gasteiger partial charge on any atom is -0.375 e. The number of halogens is 3. The number of hydrogen-bond donors (Lipinski definition) is 1. The molecule has 0 saturated heterocycles. The number of nitrogens with zero attached hydrogens (tertiary/aromatic N) is 3. The van der Waals surface area contributed by atoms with Gasteiger partial charge < -0.3 is 15.4 Å². The van der Waals surface area contributed by atoms with Crippen LogP contribution in [-0.2, 0) is 11.3 Å². The standard InChI is InChI=1S/C12H21BrF2N4O/c1-18(2)4-5-19-12(9(13)7-17-19)10(16)3-6-20-8-11(14)15/h7,10-11H,3-6,8,16H2,1-2H3. The number of hydrogen-bond acceptors (Lipinski definition) is 4. The summed E-state index contributed by atoms with van der Waals surface area (Å²) in [6, 6.07) is -0.299. The molecule has 0 aliphatic carbocycles. The Bertz CT molecular complexity index is 401. The first kappa shape index (κ1) is 17.5. The van der Waals surface area contributed by atoms with E-state index < -0.39 is 13.0 Å². The van der Waals surface area contributed by atoms with Gasteiger partial charge in [-0.25, -0.2) is 8.78 Å². The van der Waals surface area contributed by atoms with E-state index >= 15 is 0 Å². The first-order valence-electron chi connectivity index (χ1n) is 6.39. The van der Waals surface area contributed by atoms with Crippen molar-refractivity contribution in [1.82, 2.24) is 14.7 Å². The SMILES string of the molecule is CN(C)CCn1ncc(Br)c1C(N)CCOCC(F)F. The topological polar surface area (TPSA) is 56.3 Å². The Balaban J connectivity index is 2.53. The summed E-state index contributed by atoms with van der Waals surface area (Å²) in [5.41, 5.74) is 6.96. The number of alkyl halides is 2. The second-order valence-corrected chi connectivity index (χ2v) is 5.62. The second kappa shape index (κ2) is 8.66. The molecule has 1 aromatic rings. The Hall–Kier alpha value is -0.570. The van der Waals surface area contributed by atoms with Crippen LogP contribution in [0.1, 0.15) is 18.2 Å². The Morgan fingerprint density at radius 1 is 1.50 bits per heavy atom. The highest BCUT2D eigenvalue weighted by Gasteiger charge is 2.17. The minimum absolute atomic E-state index is 0.205. The smallest absolute Gasteiger partial charge is 0.261 e. The van der Waals surface area contributed by atoms with Gasteiger partial charge in [0.25, 0.3) is 6.43 Å². The number of ether oxygens (including phenoxy) is 1. The molecule has 0 aliphatic rings. The Labute approximate surface area is 126 Å². The maximum Gasteiger partial charge on any atom is 0.261 e. The zero-order valence-electron chi connectivity index (χ0n) is 11.7. The van der Waals surface area contributed by atoms with Crippen molar-refractivity contribution in [3.8, 4) is 0 Å². The first-order valence-corrected chi connectivity index (χ1v) is 7.18. The molecule has 0 aromatic carbocycles. The highest BCUT2D eigenvalue weighted by molar-refractivity contribution is 9.10. The van der Waals surface area contributed by atoms with Gasteiger partial charge in [-0.2, -0.15) is 5.10 Å². The predicted octanol–water partition coefficient (Wildman–Crippen LogP) is 1.88. The van der Waals surface area contributed by atoms with E-state index in [4.69, 9.17) is 10.5 Å². The Morgan fingerprint density at radius 2 is 2.20 bits per heavy atom. The first-order chi connectivity index (χ1) is 9.41. The summed E-state index contributed by atoms with van der Waals surface area (Å²) in [6.07, 6.45) is -0.271. The van der Waals surface area contributed by atoms with Crippen LogP contribution in [0.4, 0.5) is 8.78 Å². The van der Waals surface area contributed by atoms with Gasteiger partial charge in [0, 0.05) is 13.2 Å². The Morgan fingerprint density at radius 3 is 2.80 bits per heavy atom. The molecule has 1 rings (SSSR count). The van der Waals surface area contributed by atoms with E-state index in [0.717, 1.165) is 23.3 Å². The molecule has 0 fully saturated rings. The van der Waals surface area contributed by atoms with E-state index in [9.17, 15) is 8.78 Å². The summed E-state index contributed by atoms with van der Waals surface area (Å²) in [6.45, 7) is 1.22. The molecule has 5 nitrogen and oxygen atoms in total. The fourth-order valence-electron chi connectivity index (χ4n) is 1.73. The monoisotopic (exact) mass is 354 g/mol. The molecular weight excluding hydrogens is 334 g/mol. The summed E-state index contributed by atoms with van der Waals surface area (Å²) < 4.78 is 31.4. The molecule has 0 amide bonds. The molecule has 116 valence electrons. The van der Waals surface area contributed by atoms with E-state index in [2.05, 4.69) is 25.9 Å². The Kier molecular flexibility index (Phi) is 7.57. The number of aromatic nitrogens is 2. The molecular formula is C12H21BrF2N4O. The van der Waals surface area contributed by atoms with Crippen LogP contribution in [0, 0.1) is 0 Å². The summed E-state index contributed by atoms with van der Waals surface area (Å²) in [5, 5.41) is 4.27. The van der Waals surface area contributed by atoms with Crippen LogP contribution < -0.4 is 5.73 Å². The van der Waals surface area contributed by atoms with Crippen molar-refractivity contribution in [2.75, 3.05) is 33.9 Å². The van der Waals surface area contributed by atoms with Crippen LogP contribution in [0.2, 0.25) is 0 Å². The maximum absolute atomic E-state index is 12.0. The zero-order chi connectivity index (χ0) is 15.1. The van der Waals surface area contributed by atoms with Crippen molar-refractivity contribution < 1.29 is 13.5 Å². The molecule has 0 aliphatic heterocycles. The predicted molar refractivity (Wildman–Crippen MR) is 76.8 cm³/mol. The molecule has 0 radical (unpaired) electrons. The number of likely N-dealkylation sites (N-methyl/N-ethyl adjacent to an activating group) is 1. The van der Waals surface area contributed by atoms with Gasteiger partial charge in [0.15, 0.2) is 0 Å². The molecule has 8 heteroatoms. The van der Waals surface area contributed by atoms with Crippen LogP contribution in [0.3, 0.4) is 0 Å². The van der Waals surface area contributed by atoms with Crippen molar-refractivity contribution >= 4 is 15.9 Å². The van der Waals surface area contributed by atoms with Crippen LogP contribution in [0.25, 0.3) is 0 Å². The third-order valence-electron chi connectivity index (χ3n) is 2.76. The summed E-state index contributed by atoms with van der Waals surface area (Å²) >= 11 is 3.42. The van der Waals surface area contributed by atoms with Gasteiger partial charge in [-0.3, -0.25) is 4.68 Å². The van der Waals surface area contributed by atoms with Gasteiger partial charge in [-0.05, 0) is 36.4 Å². The largest absolute Gasteiger partial charge is 0.375 e. The summed E-state index contributed by atoms with van der Waals surface area (Å²) in [7, 11) is 3.96. The van der Waals surface area contributed by atoms with E-state index in [-0.39, 0.29) is 12.6 Å². The summed E-state index contributed by atoms with van der Waals surface area (Å²) in [5.74, 6) is 0. The lowest BCUT2D eigenvalue weighted by atomic mass is 10.1. The molecule has 1 unspecified atom stereocenters. The second-order valence-electron chi connectivity index (χ2n) is 4.77. The average molecular weight is 355 g/mol. The highest BCUT2D eigenvalue weighted by Crippen LogP contribution is 2.24. The minimum atomic E-state index is -2.44. The van der Waals surface area contributed by atoms with Gasteiger partial charge in [0.05, 0.1) is 29.0 Å². The zero-order valence-corrected chi connectivity index (χ0v) is 13.3. The van der Waals surface area contributed by atoms with Crippen molar-refractivity contribution in [2.45, 2.75) is 25.4 Å². The van der Waals surface area contributed by atoms with Gasteiger partial charge in [-0.15, -0.1) is 0 Å². The van der Waals surface area contributed by atoms with Crippen LogP contribution >= 0.6 is 15.9 Å². The molecule has 0 spiro atoms. The molecule has 1 atom stereocenters. The summed E-state index contributed by atoms with van der Waals surface area (Å²) in [4.78, 5) is 2.05. The quantitative estimate of drug-likeness (QED) is 0.688.